The second-order valence-corrected chi connectivity index (χ2v) is 11.8. The number of rotatable bonds is 1. The van der Waals surface area contributed by atoms with Crippen molar-refractivity contribution < 1.29 is 9.90 Å². The molecular formula is C37H16N4O4. The first kappa shape index (κ1) is 23.1. The summed E-state index contributed by atoms with van der Waals surface area (Å²) in [6.45, 7) is 0. The molecule has 11 aromatic rings. The van der Waals surface area contributed by atoms with E-state index in [-0.39, 0.29) is 16.7 Å². The maximum atomic E-state index is 14.1. The van der Waals surface area contributed by atoms with Crippen LogP contribution in [0.25, 0.3) is 98.0 Å². The van der Waals surface area contributed by atoms with E-state index in [1.54, 1.807) is 14.9 Å². The molecule has 4 aromatic heterocycles. The number of fused-ring (bicyclic) bond motifs is 10. The summed E-state index contributed by atoms with van der Waals surface area (Å²) in [5, 5.41) is 20.1. The van der Waals surface area contributed by atoms with Crippen molar-refractivity contribution in [2.45, 2.75) is 0 Å². The Labute approximate surface area is 249 Å². The highest BCUT2D eigenvalue weighted by molar-refractivity contribution is 6.40. The molecule has 45 heavy (non-hydrogen) atoms. The van der Waals surface area contributed by atoms with Gasteiger partial charge in [-0.3, -0.25) is 18.4 Å². The Morgan fingerprint density at radius 1 is 0.511 bits per heavy atom. The molecule has 0 spiro atoms. The van der Waals surface area contributed by atoms with Crippen LogP contribution in [0.1, 0.15) is 10.4 Å². The molecule has 0 bridgehead atoms. The Kier molecular flexibility index (Phi) is 3.79. The minimum atomic E-state index is -1.05. The Morgan fingerprint density at radius 3 is 1.51 bits per heavy atom. The summed E-state index contributed by atoms with van der Waals surface area (Å²) in [4.78, 5) is 49.4. The van der Waals surface area contributed by atoms with E-state index in [1.807, 2.05) is 54.6 Å². The van der Waals surface area contributed by atoms with Crippen molar-refractivity contribution in [1.82, 2.24) is 18.8 Å². The molecule has 0 amide bonds. The standard InChI is InChI=1S/C37H16N4O4/c42-35-23-12-8-19-18-7-11-22-32-24(36(43)41-28-14-5-16(37(44)45)15-26(28)39-34(22)41)13-9-20(30(18)32)17-6-10-21(31(23)29(17)19)33-38-25-3-1-2-4-27(25)40(33)35/h1-15H,(H,44,45). The van der Waals surface area contributed by atoms with Gasteiger partial charge in [0, 0.05) is 32.3 Å². The maximum Gasteiger partial charge on any atom is 0.335 e. The van der Waals surface area contributed by atoms with E-state index in [1.165, 1.54) is 12.1 Å². The first-order valence-corrected chi connectivity index (χ1v) is 14.5. The van der Waals surface area contributed by atoms with Crippen molar-refractivity contribution in [3.8, 4) is 0 Å². The Morgan fingerprint density at radius 2 is 0.956 bits per heavy atom. The quantitative estimate of drug-likeness (QED) is 0.167. The Bertz CT molecular complexity index is 3270. The van der Waals surface area contributed by atoms with Gasteiger partial charge in [-0.25, -0.2) is 14.8 Å². The van der Waals surface area contributed by atoms with Crippen LogP contribution in [-0.2, 0) is 0 Å². The van der Waals surface area contributed by atoms with E-state index in [4.69, 9.17) is 9.97 Å². The third kappa shape index (κ3) is 2.52. The van der Waals surface area contributed by atoms with Crippen molar-refractivity contribution >= 4 is 104 Å². The monoisotopic (exact) mass is 580 g/mol. The molecular weight excluding hydrogens is 564 g/mol. The number of aromatic nitrogens is 4. The average Bonchev–Trinajstić information content (AvgIpc) is 3.65. The molecule has 8 nitrogen and oxygen atoms in total. The van der Waals surface area contributed by atoms with Gasteiger partial charge in [-0.1, -0.05) is 36.4 Å². The fourth-order valence-electron chi connectivity index (χ4n) is 7.87. The van der Waals surface area contributed by atoms with Crippen molar-refractivity contribution in [2.75, 3.05) is 0 Å². The second-order valence-electron chi connectivity index (χ2n) is 11.8. The number of carboxylic acids is 1. The van der Waals surface area contributed by atoms with Gasteiger partial charge in [0.25, 0.3) is 11.1 Å². The number of hydrogen-bond donors (Lipinski definition) is 1. The molecule has 208 valence electrons. The molecule has 0 aliphatic heterocycles. The molecule has 11 rings (SSSR count). The number of hydrogen-bond acceptors (Lipinski definition) is 5. The second kappa shape index (κ2) is 7.38. The summed E-state index contributed by atoms with van der Waals surface area (Å²) in [6, 6.07) is 28.4. The van der Waals surface area contributed by atoms with Gasteiger partial charge in [-0.05, 0) is 86.9 Å². The van der Waals surface area contributed by atoms with Gasteiger partial charge in [-0.15, -0.1) is 0 Å². The number of imidazole rings is 2. The van der Waals surface area contributed by atoms with Crippen LogP contribution in [-0.4, -0.2) is 29.8 Å². The van der Waals surface area contributed by atoms with Crippen molar-refractivity contribution in [3.63, 3.8) is 0 Å². The van der Waals surface area contributed by atoms with Gasteiger partial charge in [-0.2, -0.15) is 0 Å². The van der Waals surface area contributed by atoms with Gasteiger partial charge >= 0.3 is 5.97 Å². The third-order valence-electron chi connectivity index (χ3n) is 9.71. The van der Waals surface area contributed by atoms with Crippen LogP contribution in [0.4, 0.5) is 0 Å². The van der Waals surface area contributed by atoms with Gasteiger partial charge in [0.05, 0.1) is 27.6 Å². The van der Waals surface area contributed by atoms with E-state index in [0.29, 0.717) is 33.1 Å². The predicted molar refractivity (Wildman–Crippen MR) is 177 cm³/mol. The van der Waals surface area contributed by atoms with Gasteiger partial charge in [0.15, 0.2) is 0 Å². The number of benzene rings is 7. The largest absolute Gasteiger partial charge is 0.478 e. The minimum absolute atomic E-state index is 0.0958. The molecule has 0 saturated heterocycles. The van der Waals surface area contributed by atoms with E-state index in [2.05, 4.69) is 18.2 Å². The summed E-state index contributed by atoms with van der Waals surface area (Å²) in [7, 11) is 0. The zero-order chi connectivity index (χ0) is 29.9. The fourth-order valence-corrected chi connectivity index (χ4v) is 7.87. The number of pyridine rings is 2. The van der Waals surface area contributed by atoms with Crippen molar-refractivity contribution in [3.05, 3.63) is 117 Å². The molecule has 8 heteroatoms. The number of para-hydroxylation sites is 2. The number of carboxylic acid groups (broad SMARTS) is 1. The summed E-state index contributed by atoms with van der Waals surface area (Å²) < 4.78 is 3.30. The van der Waals surface area contributed by atoms with Gasteiger partial charge < -0.3 is 5.11 Å². The molecule has 0 atom stereocenters. The van der Waals surface area contributed by atoms with Crippen molar-refractivity contribution in [2.24, 2.45) is 0 Å². The fraction of sp³-hybridized carbons (Fsp3) is 0. The van der Waals surface area contributed by atoms with E-state index in [9.17, 15) is 19.5 Å². The van der Waals surface area contributed by atoms with E-state index >= 15 is 0 Å². The van der Waals surface area contributed by atoms with Crippen LogP contribution in [0.2, 0.25) is 0 Å². The van der Waals surface area contributed by atoms with Crippen LogP contribution in [0.3, 0.4) is 0 Å². The highest BCUT2D eigenvalue weighted by Crippen LogP contribution is 2.45. The van der Waals surface area contributed by atoms with E-state index < -0.39 is 5.97 Å². The average molecular weight is 581 g/mol. The number of nitrogens with zero attached hydrogens (tertiary/aromatic N) is 4. The van der Waals surface area contributed by atoms with Crippen LogP contribution in [0, 0.1) is 0 Å². The van der Waals surface area contributed by atoms with Crippen LogP contribution >= 0.6 is 0 Å². The van der Waals surface area contributed by atoms with Gasteiger partial charge in [0.1, 0.15) is 11.3 Å². The van der Waals surface area contributed by atoms with Crippen molar-refractivity contribution in [1.29, 1.82) is 0 Å². The molecule has 0 aliphatic rings. The third-order valence-corrected chi connectivity index (χ3v) is 9.71. The lowest BCUT2D eigenvalue weighted by molar-refractivity contribution is 0.0697. The lowest BCUT2D eigenvalue weighted by Crippen LogP contribution is -2.14. The molecule has 0 saturated carbocycles. The zero-order valence-electron chi connectivity index (χ0n) is 23.1. The SMILES string of the molecule is O=C(O)c1ccc2c(c1)nc1c3ccc4c5ccc6c(=O)n7c8ccccc8nc7c7ccc(c8ccc(c(=O)n21)c3c84)c5c67. The Balaban J connectivity index is 1.35. The number of aromatic carboxylic acids is 1. The summed E-state index contributed by atoms with van der Waals surface area (Å²) in [6.07, 6.45) is 0. The summed E-state index contributed by atoms with van der Waals surface area (Å²) in [5.74, 6) is -1.05. The van der Waals surface area contributed by atoms with Crippen LogP contribution < -0.4 is 11.1 Å². The minimum Gasteiger partial charge on any atom is -0.478 e. The van der Waals surface area contributed by atoms with Crippen LogP contribution in [0.15, 0.2) is 101 Å². The lowest BCUT2D eigenvalue weighted by atomic mass is 9.86. The predicted octanol–water partition coefficient (Wildman–Crippen LogP) is 6.94. The number of carbonyl (C=O) groups is 1. The van der Waals surface area contributed by atoms with Crippen LogP contribution in [0.5, 0.6) is 0 Å². The highest BCUT2D eigenvalue weighted by Gasteiger charge is 2.24. The molecule has 0 unspecified atom stereocenters. The Hall–Kier alpha value is -6.41. The van der Waals surface area contributed by atoms with Gasteiger partial charge in [0.2, 0.25) is 0 Å². The molecule has 1 N–H and O–H groups in total. The first-order chi connectivity index (χ1) is 22.0. The normalized spacial score (nSPS) is 12.8. The maximum absolute atomic E-state index is 14.1. The molecule has 4 heterocycles. The molecule has 0 radical (unpaired) electrons. The first-order valence-electron chi connectivity index (χ1n) is 14.5. The lowest BCUT2D eigenvalue weighted by Gasteiger charge is -2.18. The zero-order valence-corrected chi connectivity index (χ0v) is 23.1. The smallest absolute Gasteiger partial charge is 0.335 e. The van der Waals surface area contributed by atoms with E-state index in [0.717, 1.165) is 64.9 Å². The summed E-state index contributed by atoms with van der Waals surface area (Å²) >= 11 is 0. The highest BCUT2D eigenvalue weighted by atomic mass is 16.4. The molecule has 7 aromatic carbocycles. The molecule has 0 fully saturated rings. The molecule has 0 aliphatic carbocycles. The summed E-state index contributed by atoms with van der Waals surface area (Å²) in [5.41, 5.74) is 3.54. The topological polar surface area (TPSA) is 106 Å².